The predicted octanol–water partition coefficient (Wildman–Crippen LogP) is 0.662. The van der Waals surface area contributed by atoms with Gasteiger partial charge in [0, 0.05) is 40.1 Å². The fraction of sp³-hybridized carbons (Fsp3) is 0.0625. The van der Waals surface area contributed by atoms with Crippen LogP contribution in [0.1, 0.15) is 17.5 Å². The fourth-order valence-electron chi connectivity index (χ4n) is 5.55. The maximum absolute atomic E-state index is 12.8. The van der Waals surface area contributed by atoms with Crippen LogP contribution in [0.4, 0.5) is 22.7 Å². The van der Waals surface area contributed by atoms with E-state index in [1.807, 2.05) is 66.7 Å². The number of anilines is 4. The number of hydrogen-bond acceptors (Lipinski definition) is 8. The first kappa shape index (κ1) is 35.6. The molecule has 8 nitrogen and oxygen atoms in total. The minimum absolute atomic E-state index is 0. The van der Waals surface area contributed by atoms with Crippen LogP contribution in [-0.4, -0.2) is 25.9 Å². The molecule has 0 amide bonds. The van der Waals surface area contributed by atoms with Crippen molar-refractivity contribution >= 4 is 59.8 Å². The second-order valence-electron chi connectivity index (χ2n) is 9.91. The molecule has 44 heavy (non-hydrogen) atoms. The Bertz CT molecular complexity index is 2040. The molecule has 6 rings (SSSR count). The zero-order chi connectivity index (χ0) is 29.5. The number of nitrogens with one attached hydrogen (secondary N) is 2. The third-order valence-electron chi connectivity index (χ3n) is 7.43. The van der Waals surface area contributed by atoms with Crippen molar-refractivity contribution in [2.45, 2.75) is 10.5 Å². The van der Waals surface area contributed by atoms with E-state index in [2.05, 4.69) is 10.6 Å². The first-order valence-corrected chi connectivity index (χ1v) is 15.8. The zero-order valence-electron chi connectivity index (χ0n) is 24.0. The SMILES string of the molecule is O=S(=O)([O-])C1(S(=O)(=O)[O-])CC=Cc2c(-c3ccc(Nc4ccccc4)c4ccccc34)ccc(Nc3ccccc3)c21.[K+].[K+]. The molecule has 0 bridgehead atoms. The van der Waals surface area contributed by atoms with Crippen LogP contribution < -0.4 is 113 Å². The molecular weight excluding hydrogens is 651 g/mol. The smallest absolute Gasteiger partial charge is 0.746 e. The average Bonchev–Trinajstić information content (AvgIpc) is 2.97. The quantitative estimate of drug-likeness (QED) is 0.190. The van der Waals surface area contributed by atoms with Gasteiger partial charge in [-0.3, -0.25) is 0 Å². The average molecular weight is 675 g/mol. The van der Waals surface area contributed by atoms with Crippen LogP contribution in [0, 0.1) is 0 Å². The number of rotatable bonds is 7. The summed E-state index contributed by atoms with van der Waals surface area (Å²) in [6, 6.07) is 32.8. The Labute approximate surface area is 341 Å². The molecule has 0 aromatic heterocycles. The molecule has 0 heterocycles. The van der Waals surface area contributed by atoms with Gasteiger partial charge in [0.15, 0.2) is 4.08 Å². The summed E-state index contributed by atoms with van der Waals surface area (Å²) in [4.78, 5) is 0. The van der Waals surface area contributed by atoms with Gasteiger partial charge in [0.1, 0.15) is 20.2 Å². The van der Waals surface area contributed by atoms with E-state index in [1.165, 1.54) is 12.1 Å². The van der Waals surface area contributed by atoms with Crippen molar-refractivity contribution in [1.82, 2.24) is 0 Å². The summed E-state index contributed by atoms with van der Waals surface area (Å²) in [6.45, 7) is 0. The first-order chi connectivity index (χ1) is 20.1. The van der Waals surface area contributed by atoms with Gasteiger partial charge >= 0.3 is 103 Å². The van der Waals surface area contributed by atoms with Crippen LogP contribution in [0.3, 0.4) is 0 Å². The van der Waals surface area contributed by atoms with Gasteiger partial charge in [-0.1, -0.05) is 84.9 Å². The molecule has 12 heteroatoms. The summed E-state index contributed by atoms with van der Waals surface area (Å²) in [5.41, 5.74) is 3.18. The van der Waals surface area contributed by atoms with Crippen molar-refractivity contribution in [2.24, 2.45) is 0 Å². The van der Waals surface area contributed by atoms with E-state index in [0.29, 0.717) is 16.8 Å². The Kier molecular flexibility index (Phi) is 11.6. The maximum Gasteiger partial charge on any atom is 1.00 e. The summed E-state index contributed by atoms with van der Waals surface area (Å²) in [6.07, 6.45) is 2.03. The topological polar surface area (TPSA) is 138 Å². The largest absolute Gasteiger partial charge is 1.00 e. The number of allylic oxidation sites excluding steroid dienone is 1. The van der Waals surface area contributed by atoms with Crippen LogP contribution in [0.2, 0.25) is 0 Å². The Morgan fingerprint density at radius 2 is 1.05 bits per heavy atom. The van der Waals surface area contributed by atoms with E-state index < -0.39 is 30.7 Å². The molecule has 5 aromatic carbocycles. The molecule has 2 N–H and O–H groups in total. The normalized spacial score (nSPS) is 13.7. The van der Waals surface area contributed by atoms with Gasteiger partial charge in [0.05, 0.1) is 0 Å². The van der Waals surface area contributed by atoms with Gasteiger partial charge in [-0.25, -0.2) is 16.8 Å². The second-order valence-corrected chi connectivity index (χ2v) is 13.4. The predicted molar refractivity (Wildman–Crippen MR) is 164 cm³/mol. The molecule has 0 spiro atoms. The number of para-hydroxylation sites is 2. The van der Waals surface area contributed by atoms with Crippen LogP contribution >= 0.6 is 0 Å². The number of fused-ring (bicyclic) bond motifs is 2. The third kappa shape index (κ3) is 6.62. The Hall–Kier alpha value is -1.21. The Morgan fingerprint density at radius 1 is 0.568 bits per heavy atom. The summed E-state index contributed by atoms with van der Waals surface area (Å²) in [5.74, 6) is 0. The van der Waals surface area contributed by atoms with E-state index in [9.17, 15) is 25.9 Å². The van der Waals surface area contributed by atoms with Crippen molar-refractivity contribution < 1.29 is 129 Å². The molecule has 5 aromatic rings. The van der Waals surface area contributed by atoms with E-state index >= 15 is 0 Å². The van der Waals surface area contributed by atoms with Crippen molar-refractivity contribution in [2.75, 3.05) is 10.6 Å². The molecule has 0 aliphatic heterocycles. The van der Waals surface area contributed by atoms with Crippen molar-refractivity contribution in [3.05, 3.63) is 126 Å². The van der Waals surface area contributed by atoms with Gasteiger partial charge in [-0.15, -0.1) is 0 Å². The monoisotopic (exact) mass is 674 g/mol. The summed E-state index contributed by atoms with van der Waals surface area (Å²) >= 11 is 0. The molecule has 212 valence electrons. The van der Waals surface area contributed by atoms with Gasteiger partial charge in [0.2, 0.25) is 0 Å². The molecule has 1 aliphatic rings. The molecule has 0 saturated carbocycles. The molecule has 1 aliphatic carbocycles. The van der Waals surface area contributed by atoms with Gasteiger partial charge in [-0.2, -0.15) is 0 Å². The van der Waals surface area contributed by atoms with Crippen molar-refractivity contribution in [3.63, 3.8) is 0 Å². The fourth-order valence-corrected chi connectivity index (χ4v) is 8.09. The van der Waals surface area contributed by atoms with E-state index in [1.54, 1.807) is 42.5 Å². The second kappa shape index (κ2) is 14.3. The Balaban J connectivity index is 0.00000221. The van der Waals surface area contributed by atoms with Gasteiger partial charge in [0.25, 0.3) is 0 Å². The van der Waals surface area contributed by atoms with E-state index in [0.717, 1.165) is 22.1 Å². The van der Waals surface area contributed by atoms with Crippen LogP contribution in [0.25, 0.3) is 28.0 Å². The van der Waals surface area contributed by atoms with E-state index in [-0.39, 0.29) is 120 Å². The third-order valence-corrected chi connectivity index (χ3v) is 11.0. The van der Waals surface area contributed by atoms with Crippen LogP contribution in [0.5, 0.6) is 0 Å². The molecule has 0 saturated heterocycles. The standard InChI is InChI=1S/C32H26N2O6S2.2K/c35-41(36,37)32(42(38,39)40)21-9-16-28-26(18-20-30(31(28)32)34-23-12-5-2-6-13-23)25-17-19-29(27-15-8-7-14-24(25)27)33-22-10-3-1-4-11-22;;/h1-20,33-34H,21H2,(H,35,36,37)(H,38,39,40);;/q;2*+1/p-2. The zero-order valence-corrected chi connectivity index (χ0v) is 31.9. The Morgan fingerprint density at radius 3 is 1.61 bits per heavy atom. The van der Waals surface area contributed by atoms with E-state index in [4.69, 9.17) is 0 Å². The molecular formula is C32H24K2N2O6S2. The van der Waals surface area contributed by atoms with Crippen LogP contribution in [-0.2, 0) is 24.3 Å². The maximum atomic E-state index is 12.8. The summed E-state index contributed by atoms with van der Waals surface area (Å²) in [5, 5.41) is 8.10. The number of benzene rings is 5. The molecule has 0 radical (unpaired) electrons. The molecule has 0 fully saturated rings. The minimum Gasteiger partial charge on any atom is -0.746 e. The van der Waals surface area contributed by atoms with Crippen molar-refractivity contribution in [3.8, 4) is 11.1 Å². The van der Waals surface area contributed by atoms with Gasteiger partial charge < -0.3 is 19.7 Å². The molecule has 0 atom stereocenters. The molecule has 0 unspecified atom stereocenters. The number of hydrogen-bond donors (Lipinski definition) is 2. The van der Waals surface area contributed by atoms with Crippen LogP contribution in [0.15, 0.2) is 115 Å². The van der Waals surface area contributed by atoms with Crippen molar-refractivity contribution in [1.29, 1.82) is 0 Å². The van der Waals surface area contributed by atoms with Gasteiger partial charge in [-0.05, 0) is 58.5 Å². The summed E-state index contributed by atoms with van der Waals surface area (Å²) < 4.78 is 73.5. The minimum atomic E-state index is -5.71. The first-order valence-electron chi connectivity index (χ1n) is 13.0. The summed E-state index contributed by atoms with van der Waals surface area (Å²) in [7, 11) is -11.4.